The van der Waals surface area contributed by atoms with E-state index in [0.29, 0.717) is 93.7 Å². The summed E-state index contributed by atoms with van der Waals surface area (Å²) in [6, 6.07) is 13.9. The molecule has 0 spiro atoms. The van der Waals surface area contributed by atoms with Crippen LogP contribution < -0.4 is 19.5 Å². The molecule has 326 valence electrons. The van der Waals surface area contributed by atoms with Crippen LogP contribution in [0.15, 0.2) is 60.9 Å². The summed E-state index contributed by atoms with van der Waals surface area (Å²) in [4.78, 5) is 33.8. The van der Waals surface area contributed by atoms with Crippen molar-refractivity contribution in [3.05, 3.63) is 94.8 Å². The van der Waals surface area contributed by atoms with E-state index in [2.05, 4.69) is 34.9 Å². The zero-order valence-corrected chi connectivity index (χ0v) is 34.5. The van der Waals surface area contributed by atoms with Gasteiger partial charge in [0.2, 0.25) is 33.4 Å². The fraction of sp³-hybridized carbons (Fsp3) is 0.419. The zero-order valence-electron chi connectivity index (χ0n) is 33.7. The standard InChI is InChI=1S/C43H44F4N8O6S/c1-60-41-34(23-55-17-14-27(56)22-55)50-38(43(45,46)47)42(52-41)61-35-11-10-30-29(4-2-5-31(30)35)32-6-3-7-33(36(32)44)51-39-37-25(12-15-48-39)18-24(19-49-37)20-54-16-13-26(21-54)40(57)53-62(58,59)28-8-9-28/h2-7,12,15,18-19,26-28,35,56H,8-11,13-14,16-17,20-23H2,1H3,(H,48,51)(H,53,57)/t26-,27-,35-/m1/s1. The van der Waals surface area contributed by atoms with Crippen LogP contribution in [0.25, 0.3) is 22.0 Å². The molecule has 19 heteroatoms. The number of carbonyl (C=O) groups is 1. The van der Waals surface area contributed by atoms with Crippen LogP contribution in [0.1, 0.15) is 66.3 Å². The molecule has 0 unspecified atom stereocenters. The van der Waals surface area contributed by atoms with Crippen LogP contribution >= 0.6 is 0 Å². The van der Waals surface area contributed by atoms with Crippen molar-refractivity contribution < 1.29 is 45.4 Å². The fourth-order valence-electron chi connectivity index (χ4n) is 8.65. The van der Waals surface area contributed by atoms with Crippen molar-refractivity contribution in [1.29, 1.82) is 0 Å². The third-order valence-corrected chi connectivity index (χ3v) is 13.7. The number of halogens is 4. The van der Waals surface area contributed by atoms with Crippen LogP contribution in [0.4, 0.5) is 29.1 Å². The van der Waals surface area contributed by atoms with Gasteiger partial charge in [0.15, 0.2) is 11.6 Å². The molecule has 2 aromatic carbocycles. The number of aromatic nitrogens is 4. The molecule has 2 saturated heterocycles. The summed E-state index contributed by atoms with van der Waals surface area (Å²) >= 11 is 0. The van der Waals surface area contributed by atoms with E-state index in [4.69, 9.17) is 9.47 Å². The van der Waals surface area contributed by atoms with Crippen molar-refractivity contribution in [2.45, 2.75) is 75.2 Å². The Morgan fingerprint density at radius 1 is 0.935 bits per heavy atom. The Labute approximate surface area is 354 Å². The lowest BCUT2D eigenvalue weighted by atomic mass is 9.96. The number of pyridine rings is 2. The quantitative estimate of drug-likeness (QED) is 0.117. The van der Waals surface area contributed by atoms with Crippen LogP contribution in [0.3, 0.4) is 0 Å². The number of fused-ring (bicyclic) bond motifs is 2. The van der Waals surface area contributed by atoms with Crippen LogP contribution in [-0.4, -0.2) is 93.8 Å². The number of ether oxygens (including phenoxy) is 2. The number of aliphatic hydroxyl groups is 1. The van der Waals surface area contributed by atoms with Gasteiger partial charge in [-0.2, -0.15) is 18.2 Å². The molecule has 1 amide bonds. The molecule has 0 radical (unpaired) electrons. The van der Waals surface area contributed by atoms with Gasteiger partial charge < -0.3 is 19.9 Å². The van der Waals surface area contributed by atoms with Crippen molar-refractivity contribution in [3.63, 3.8) is 0 Å². The number of rotatable bonds is 13. The largest absolute Gasteiger partial charge is 0.480 e. The Kier molecular flexibility index (Phi) is 11.2. The molecular formula is C43H44F4N8O6S. The van der Waals surface area contributed by atoms with E-state index < -0.39 is 62.9 Å². The van der Waals surface area contributed by atoms with E-state index in [0.717, 1.165) is 16.5 Å². The lowest BCUT2D eigenvalue weighted by Gasteiger charge is -2.21. The van der Waals surface area contributed by atoms with Gasteiger partial charge in [-0.15, -0.1) is 0 Å². The third kappa shape index (κ3) is 8.62. The molecule has 0 bridgehead atoms. The first kappa shape index (κ1) is 41.8. The monoisotopic (exact) mass is 876 g/mol. The molecule has 62 heavy (non-hydrogen) atoms. The van der Waals surface area contributed by atoms with E-state index in [1.807, 2.05) is 6.07 Å². The van der Waals surface area contributed by atoms with Crippen molar-refractivity contribution in [2.24, 2.45) is 5.92 Å². The lowest BCUT2D eigenvalue weighted by Crippen LogP contribution is -2.38. The van der Waals surface area contributed by atoms with E-state index in [-0.39, 0.29) is 29.4 Å². The fourth-order valence-corrected chi connectivity index (χ4v) is 10.0. The number of β-amino-alcohol motifs (C(OH)–C–C–N with tert-alkyl or cyclic N) is 1. The molecule has 14 nitrogen and oxygen atoms in total. The number of methoxy groups -OCH3 is 1. The predicted octanol–water partition coefficient (Wildman–Crippen LogP) is 6.06. The van der Waals surface area contributed by atoms with Gasteiger partial charge >= 0.3 is 6.18 Å². The molecule has 5 heterocycles. The number of amides is 1. The first-order chi connectivity index (χ1) is 29.7. The number of hydrogen-bond acceptors (Lipinski definition) is 13. The SMILES string of the molecule is COc1nc(O[C@@H]2CCc3c(-c4cccc(Nc5nccc6cc(CN7CC[C@@H](C(=O)NS(=O)(=O)C8CC8)C7)cnc56)c4F)cccc32)c(C(F)(F)F)nc1CN1CC[C@@H](O)C1. The summed E-state index contributed by atoms with van der Waals surface area (Å²) in [5, 5.41) is 13.3. The summed E-state index contributed by atoms with van der Waals surface area (Å²) in [5.41, 5.74) is 2.42. The highest BCUT2D eigenvalue weighted by atomic mass is 32.2. The average molecular weight is 877 g/mol. The Morgan fingerprint density at radius 3 is 2.47 bits per heavy atom. The van der Waals surface area contributed by atoms with Crippen molar-refractivity contribution in [3.8, 4) is 22.9 Å². The Balaban J connectivity index is 0.912. The number of hydrogen-bond donors (Lipinski definition) is 3. The molecule has 3 atom stereocenters. The van der Waals surface area contributed by atoms with Gasteiger partial charge in [-0.05, 0) is 85.5 Å². The van der Waals surface area contributed by atoms with Gasteiger partial charge in [0.1, 0.15) is 17.3 Å². The van der Waals surface area contributed by atoms with Crippen LogP contribution in [0, 0.1) is 11.7 Å². The van der Waals surface area contributed by atoms with Crippen molar-refractivity contribution in [1.82, 2.24) is 34.5 Å². The van der Waals surface area contributed by atoms with E-state index in [9.17, 15) is 31.5 Å². The van der Waals surface area contributed by atoms with Gasteiger partial charge in [0.05, 0.1) is 30.1 Å². The topological polar surface area (TPSA) is 172 Å². The third-order valence-electron chi connectivity index (χ3n) is 11.9. The highest BCUT2D eigenvalue weighted by molar-refractivity contribution is 7.90. The molecule has 5 aromatic rings. The van der Waals surface area contributed by atoms with Gasteiger partial charge in [0.25, 0.3) is 0 Å². The maximum atomic E-state index is 16.6. The van der Waals surface area contributed by atoms with Gasteiger partial charge in [-0.1, -0.05) is 30.3 Å². The first-order valence-electron chi connectivity index (χ1n) is 20.5. The van der Waals surface area contributed by atoms with Crippen molar-refractivity contribution >= 4 is 38.3 Å². The maximum absolute atomic E-state index is 16.6. The Morgan fingerprint density at radius 2 is 1.71 bits per heavy atom. The second-order valence-corrected chi connectivity index (χ2v) is 18.3. The van der Waals surface area contributed by atoms with E-state index in [1.165, 1.54) is 7.11 Å². The number of benzene rings is 2. The minimum absolute atomic E-state index is 0.0137. The number of nitrogens with one attached hydrogen (secondary N) is 2. The second kappa shape index (κ2) is 16.7. The zero-order chi connectivity index (χ0) is 43.3. The summed E-state index contributed by atoms with van der Waals surface area (Å²) in [6.07, 6.45) is -0.0597. The van der Waals surface area contributed by atoms with Gasteiger partial charge in [0, 0.05) is 56.1 Å². The van der Waals surface area contributed by atoms with Crippen LogP contribution in [0.5, 0.6) is 11.8 Å². The number of alkyl halides is 3. The van der Waals surface area contributed by atoms with E-state index in [1.54, 1.807) is 59.8 Å². The Bertz CT molecular complexity index is 2650. The summed E-state index contributed by atoms with van der Waals surface area (Å²) < 4.78 is 98.0. The molecule has 1 saturated carbocycles. The normalized spacial score (nSPS) is 20.7. The molecular weight excluding hydrogens is 833 g/mol. The number of nitrogens with zero attached hydrogens (tertiary/aromatic N) is 6. The molecule has 3 aromatic heterocycles. The number of likely N-dealkylation sites (tertiary alicyclic amines) is 2. The first-order valence-corrected chi connectivity index (χ1v) is 22.1. The number of aliphatic hydroxyl groups excluding tert-OH is 1. The predicted molar refractivity (Wildman–Crippen MR) is 219 cm³/mol. The summed E-state index contributed by atoms with van der Waals surface area (Å²) in [5.74, 6) is -1.94. The lowest BCUT2D eigenvalue weighted by molar-refractivity contribution is -0.143. The van der Waals surface area contributed by atoms with Crippen LogP contribution in [-0.2, 0) is 40.5 Å². The molecule has 2 aliphatic heterocycles. The number of sulfonamides is 1. The molecule has 2 aliphatic carbocycles. The molecule has 3 fully saturated rings. The van der Waals surface area contributed by atoms with Crippen LogP contribution in [0.2, 0.25) is 0 Å². The second-order valence-electron chi connectivity index (χ2n) is 16.3. The molecule has 9 rings (SSSR count). The molecule has 4 aliphatic rings. The van der Waals surface area contributed by atoms with Gasteiger partial charge in [-0.3, -0.25) is 24.3 Å². The smallest absolute Gasteiger partial charge is 0.438 e. The highest BCUT2D eigenvalue weighted by Gasteiger charge is 2.42. The number of anilines is 2. The average Bonchev–Trinajstić information content (AvgIpc) is 3.69. The summed E-state index contributed by atoms with van der Waals surface area (Å²) in [7, 11) is -2.31. The minimum atomic E-state index is -4.88. The van der Waals surface area contributed by atoms with Crippen molar-refractivity contribution in [2.75, 3.05) is 38.6 Å². The van der Waals surface area contributed by atoms with Gasteiger partial charge in [-0.25, -0.2) is 22.8 Å². The maximum Gasteiger partial charge on any atom is 0.438 e. The summed E-state index contributed by atoms with van der Waals surface area (Å²) in [6.45, 7) is 2.36. The number of carbonyl (C=O) groups excluding carboxylic acids is 1. The minimum Gasteiger partial charge on any atom is -0.480 e. The Hall–Kier alpha value is -5.50. The molecule has 3 N–H and O–H groups in total. The van der Waals surface area contributed by atoms with E-state index >= 15 is 4.39 Å². The highest BCUT2D eigenvalue weighted by Crippen LogP contribution is 2.44.